The highest BCUT2D eigenvalue weighted by Gasteiger charge is 2.28. The van der Waals surface area contributed by atoms with Crippen molar-refractivity contribution in [2.24, 2.45) is 5.73 Å². The van der Waals surface area contributed by atoms with Crippen molar-refractivity contribution < 1.29 is 9.53 Å². The van der Waals surface area contributed by atoms with E-state index in [0.717, 1.165) is 26.2 Å². The molecule has 0 saturated carbocycles. The van der Waals surface area contributed by atoms with Crippen molar-refractivity contribution in [2.75, 3.05) is 46.9 Å². The second kappa shape index (κ2) is 6.05. The van der Waals surface area contributed by atoms with E-state index >= 15 is 0 Å². The van der Waals surface area contributed by atoms with Gasteiger partial charge in [-0.3, -0.25) is 9.69 Å². The van der Waals surface area contributed by atoms with Crippen molar-refractivity contribution in [3.05, 3.63) is 0 Å². The lowest BCUT2D eigenvalue weighted by Gasteiger charge is -2.36. The number of carbonyl (C=O) groups excluding carboxylic acids is 1. The zero-order valence-electron chi connectivity index (χ0n) is 9.61. The summed E-state index contributed by atoms with van der Waals surface area (Å²) in [6.45, 7) is 4.34. The van der Waals surface area contributed by atoms with Crippen LogP contribution < -0.4 is 5.73 Å². The van der Waals surface area contributed by atoms with Gasteiger partial charge in [0, 0.05) is 26.2 Å². The molecule has 0 aromatic carbocycles. The van der Waals surface area contributed by atoms with Crippen LogP contribution in [0, 0.1) is 0 Å². The number of hydrogen-bond donors (Lipinski definition) is 1. The molecule has 1 saturated heterocycles. The summed E-state index contributed by atoms with van der Waals surface area (Å²) in [7, 11) is 3.52. The van der Waals surface area contributed by atoms with Crippen LogP contribution in [-0.2, 0) is 9.53 Å². The quantitative estimate of drug-likeness (QED) is 0.617. The van der Waals surface area contributed by atoms with Crippen molar-refractivity contribution in [1.29, 1.82) is 0 Å². The van der Waals surface area contributed by atoms with Crippen LogP contribution in [0.15, 0.2) is 0 Å². The first-order chi connectivity index (χ1) is 7.19. The van der Waals surface area contributed by atoms with E-state index in [1.54, 1.807) is 0 Å². The molecule has 1 aliphatic heterocycles. The van der Waals surface area contributed by atoms with E-state index in [0.29, 0.717) is 13.0 Å². The summed E-state index contributed by atoms with van der Waals surface area (Å²) < 4.78 is 4.80. The van der Waals surface area contributed by atoms with Crippen LogP contribution >= 0.6 is 0 Å². The maximum absolute atomic E-state index is 11.5. The molecular formula is C10H21N3O2. The molecule has 0 aliphatic carbocycles. The van der Waals surface area contributed by atoms with Crippen LogP contribution in [-0.4, -0.2) is 68.7 Å². The molecule has 1 fully saturated rings. The van der Waals surface area contributed by atoms with Crippen molar-refractivity contribution in [3.8, 4) is 0 Å². The smallest absolute Gasteiger partial charge is 0.323 e. The Hall–Kier alpha value is -0.650. The Labute approximate surface area is 91.2 Å². The van der Waals surface area contributed by atoms with Crippen molar-refractivity contribution in [1.82, 2.24) is 9.80 Å². The molecule has 0 aromatic rings. The SMILES string of the molecule is COC(=O)C(CCN)N1CCN(C)CC1. The number of carbonyl (C=O) groups is 1. The largest absolute Gasteiger partial charge is 0.468 e. The third kappa shape index (κ3) is 3.44. The van der Waals surface area contributed by atoms with Gasteiger partial charge in [-0.05, 0) is 20.0 Å². The number of esters is 1. The number of hydrogen-bond acceptors (Lipinski definition) is 5. The highest BCUT2D eigenvalue weighted by atomic mass is 16.5. The lowest BCUT2D eigenvalue weighted by atomic mass is 10.1. The molecule has 88 valence electrons. The summed E-state index contributed by atoms with van der Waals surface area (Å²) in [5, 5.41) is 0. The van der Waals surface area contributed by atoms with Gasteiger partial charge in [-0.1, -0.05) is 0 Å². The molecular weight excluding hydrogens is 194 g/mol. The van der Waals surface area contributed by atoms with Crippen LogP contribution in [0.25, 0.3) is 0 Å². The summed E-state index contributed by atoms with van der Waals surface area (Å²) in [5.41, 5.74) is 5.51. The lowest BCUT2D eigenvalue weighted by molar-refractivity contribution is -0.147. The van der Waals surface area contributed by atoms with Crippen molar-refractivity contribution in [2.45, 2.75) is 12.5 Å². The molecule has 5 heteroatoms. The van der Waals surface area contributed by atoms with Gasteiger partial charge < -0.3 is 15.4 Å². The standard InChI is InChI=1S/C10H21N3O2/c1-12-5-7-13(8-6-12)9(3-4-11)10(14)15-2/h9H,3-8,11H2,1-2H3. The van der Waals surface area contributed by atoms with E-state index < -0.39 is 0 Å². The Kier molecular flexibility index (Phi) is 5.01. The third-order valence-electron chi connectivity index (χ3n) is 2.89. The zero-order valence-corrected chi connectivity index (χ0v) is 9.61. The predicted octanol–water partition coefficient (Wildman–Crippen LogP) is -0.876. The number of methoxy groups -OCH3 is 1. The monoisotopic (exact) mass is 215 g/mol. The van der Waals surface area contributed by atoms with Crippen molar-refractivity contribution >= 4 is 5.97 Å². The molecule has 5 nitrogen and oxygen atoms in total. The molecule has 1 rings (SSSR count). The van der Waals surface area contributed by atoms with Crippen LogP contribution in [0.3, 0.4) is 0 Å². The summed E-state index contributed by atoms with van der Waals surface area (Å²) >= 11 is 0. The highest BCUT2D eigenvalue weighted by molar-refractivity contribution is 5.75. The Balaban J connectivity index is 2.51. The summed E-state index contributed by atoms with van der Waals surface area (Å²) in [5.74, 6) is -0.162. The lowest BCUT2D eigenvalue weighted by Crippen LogP contribution is -2.52. The molecule has 1 aliphatic rings. The Morgan fingerprint density at radius 1 is 1.40 bits per heavy atom. The molecule has 0 spiro atoms. The Morgan fingerprint density at radius 3 is 2.47 bits per heavy atom. The average molecular weight is 215 g/mol. The van der Waals surface area contributed by atoms with E-state index in [2.05, 4.69) is 16.8 Å². The van der Waals surface area contributed by atoms with E-state index in [9.17, 15) is 4.79 Å². The molecule has 0 radical (unpaired) electrons. The van der Waals surface area contributed by atoms with Crippen LogP contribution in [0.1, 0.15) is 6.42 Å². The molecule has 1 atom stereocenters. The molecule has 0 amide bonds. The molecule has 15 heavy (non-hydrogen) atoms. The van der Waals surface area contributed by atoms with E-state index in [1.807, 2.05) is 0 Å². The molecule has 0 aromatic heterocycles. The van der Waals surface area contributed by atoms with Crippen LogP contribution in [0.4, 0.5) is 0 Å². The first-order valence-electron chi connectivity index (χ1n) is 5.39. The summed E-state index contributed by atoms with van der Waals surface area (Å²) in [4.78, 5) is 16.0. The zero-order chi connectivity index (χ0) is 11.3. The van der Waals surface area contributed by atoms with Gasteiger partial charge in [-0.25, -0.2) is 0 Å². The summed E-state index contributed by atoms with van der Waals surface area (Å²) in [6, 6.07) is -0.159. The second-order valence-corrected chi connectivity index (χ2v) is 3.96. The summed E-state index contributed by atoms with van der Waals surface area (Å²) in [6.07, 6.45) is 0.677. The van der Waals surface area contributed by atoms with Crippen LogP contribution in [0.2, 0.25) is 0 Å². The minimum Gasteiger partial charge on any atom is -0.468 e. The Morgan fingerprint density at radius 2 is 2.00 bits per heavy atom. The first-order valence-corrected chi connectivity index (χ1v) is 5.39. The maximum atomic E-state index is 11.5. The first kappa shape index (κ1) is 12.4. The Bertz CT molecular complexity index is 203. The number of nitrogens with zero attached hydrogens (tertiary/aromatic N) is 2. The highest BCUT2D eigenvalue weighted by Crippen LogP contribution is 2.09. The fraction of sp³-hybridized carbons (Fsp3) is 0.900. The van der Waals surface area contributed by atoms with Gasteiger partial charge in [0.15, 0.2) is 0 Å². The number of ether oxygens (including phenoxy) is 1. The predicted molar refractivity (Wildman–Crippen MR) is 58.5 cm³/mol. The van der Waals surface area contributed by atoms with Gasteiger partial charge >= 0.3 is 5.97 Å². The number of likely N-dealkylation sites (N-methyl/N-ethyl adjacent to an activating group) is 1. The maximum Gasteiger partial charge on any atom is 0.323 e. The van der Waals surface area contributed by atoms with Gasteiger partial charge in [0.2, 0.25) is 0 Å². The van der Waals surface area contributed by atoms with E-state index in [-0.39, 0.29) is 12.0 Å². The van der Waals surface area contributed by atoms with Crippen molar-refractivity contribution in [3.63, 3.8) is 0 Å². The fourth-order valence-electron chi connectivity index (χ4n) is 1.88. The third-order valence-corrected chi connectivity index (χ3v) is 2.89. The number of piperazine rings is 1. The molecule has 1 unspecified atom stereocenters. The average Bonchev–Trinajstić information content (AvgIpc) is 2.26. The minimum absolute atomic E-state index is 0.159. The normalized spacial score (nSPS) is 21.3. The van der Waals surface area contributed by atoms with Crippen LogP contribution in [0.5, 0.6) is 0 Å². The van der Waals surface area contributed by atoms with E-state index in [1.165, 1.54) is 7.11 Å². The van der Waals surface area contributed by atoms with Gasteiger partial charge in [-0.15, -0.1) is 0 Å². The molecule has 1 heterocycles. The van der Waals surface area contributed by atoms with Gasteiger partial charge in [0.1, 0.15) is 6.04 Å². The molecule has 0 bridgehead atoms. The number of rotatable bonds is 4. The fourth-order valence-corrected chi connectivity index (χ4v) is 1.88. The second-order valence-electron chi connectivity index (χ2n) is 3.96. The van der Waals surface area contributed by atoms with Gasteiger partial charge in [0.05, 0.1) is 7.11 Å². The van der Waals surface area contributed by atoms with E-state index in [4.69, 9.17) is 10.5 Å². The topological polar surface area (TPSA) is 58.8 Å². The van der Waals surface area contributed by atoms with Gasteiger partial charge in [0.25, 0.3) is 0 Å². The minimum atomic E-state index is -0.162. The molecule has 2 N–H and O–H groups in total. The number of nitrogens with two attached hydrogens (primary N) is 1. The van der Waals surface area contributed by atoms with Gasteiger partial charge in [-0.2, -0.15) is 0 Å².